The third-order valence-electron chi connectivity index (χ3n) is 3.70. The van der Waals surface area contributed by atoms with Crippen LogP contribution in [0.2, 0.25) is 0 Å². The summed E-state index contributed by atoms with van der Waals surface area (Å²) in [6.45, 7) is 0. The molecule has 20 heavy (non-hydrogen) atoms. The van der Waals surface area contributed by atoms with E-state index in [2.05, 4.69) is 29.6 Å². The van der Waals surface area contributed by atoms with E-state index in [4.69, 9.17) is 0 Å². The molecule has 1 aromatic rings. The van der Waals surface area contributed by atoms with Gasteiger partial charge in [0.1, 0.15) is 0 Å². The highest BCUT2D eigenvalue weighted by Gasteiger charge is 2.23. The van der Waals surface area contributed by atoms with Crippen molar-refractivity contribution in [1.82, 2.24) is 5.32 Å². The zero-order valence-corrected chi connectivity index (χ0v) is 11.8. The van der Waals surface area contributed by atoms with Crippen LogP contribution in [0.3, 0.4) is 0 Å². The van der Waals surface area contributed by atoms with Gasteiger partial charge in [-0.15, -0.1) is 0 Å². The summed E-state index contributed by atoms with van der Waals surface area (Å²) in [6.07, 6.45) is 8.69. The number of amides is 1. The number of unbranched alkanes of at least 4 members (excludes halogenated alkanes) is 1. The standard InChI is InChI=1S/C17H23NO2/c19-16-12-11-15(13-16)18-17(20)10-6-2-5-9-14-7-3-1-4-8-14/h1,3-4,6-8,10,15-16,19H,2,5,9,11-13H2,(H,18,20)/t15-,16-/m0/s1. The van der Waals surface area contributed by atoms with Crippen molar-refractivity contribution in [2.75, 3.05) is 0 Å². The maximum Gasteiger partial charge on any atom is 0.243 e. The third kappa shape index (κ3) is 5.17. The molecule has 1 saturated carbocycles. The molecule has 1 amide bonds. The summed E-state index contributed by atoms with van der Waals surface area (Å²) in [5, 5.41) is 12.3. The van der Waals surface area contributed by atoms with E-state index in [-0.39, 0.29) is 18.1 Å². The number of hydrogen-bond acceptors (Lipinski definition) is 2. The van der Waals surface area contributed by atoms with Crippen LogP contribution in [0.1, 0.15) is 37.7 Å². The Kier molecular flexibility index (Phi) is 5.81. The van der Waals surface area contributed by atoms with Crippen LogP contribution in [-0.4, -0.2) is 23.2 Å². The minimum absolute atomic E-state index is 0.0381. The van der Waals surface area contributed by atoms with E-state index < -0.39 is 0 Å². The molecule has 2 rings (SSSR count). The molecule has 0 aliphatic heterocycles. The fourth-order valence-electron chi connectivity index (χ4n) is 2.60. The number of aliphatic hydroxyl groups excluding tert-OH is 1. The first kappa shape index (κ1) is 14.8. The van der Waals surface area contributed by atoms with Crippen molar-refractivity contribution in [3.05, 3.63) is 48.0 Å². The highest BCUT2D eigenvalue weighted by Crippen LogP contribution is 2.18. The molecule has 0 heterocycles. The zero-order valence-electron chi connectivity index (χ0n) is 11.8. The number of allylic oxidation sites excluding steroid dienone is 1. The van der Waals surface area contributed by atoms with Crippen molar-refractivity contribution >= 4 is 5.91 Å². The molecule has 1 aliphatic rings. The Morgan fingerprint density at radius 3 is 2.80 bits per heavy atom. The van der Waals surface area contributed by atoms with Crippen LogP contribution < -0.4 is 5.32 Å². The van der Waals surface area contributed by atoms with Gasteiger partial charge in [0.25, 0.3) is 0 Å². The molecule has 3 heteroatoms. The fraction of sp³-hybridized carbons (Fsp3) is 0.471. The number of carbonyl (C=O) groups excluding carboxylic acids is 1. The molecule has 0 radical (unpaired) electrons. The minimum Gasteiger partial charge on any atom is -0.393 e. The van der Waals surface area contributed by atoms with Gasteiger partial charge in [-0.2, -0.15) is 0 Å². The quantitative estimate of drug-likeness (QED) is 0.618. The first-order chi connectivity index (χ1) is 9.74. The molecule has 0 spiro atoms. The van der Waals surface area contributed by atoms with E-state index >= 15 is 0 Å². The minimum atomic E-state index is -0.241. The fourth-order valence-corrected chi connectivity index (χ4v) is 2.60. The SMILES string of the molecule is O=C(C=CCCCc1ccccc1)N[C@H]1CC[C@H](O)C1. The summed E-state index contributed by atoms with van der Waals surface area (Å²) < 4.78 is 0. The Morgan fingerprint density at radius 1 is 1.30 bits per heavy atom. The molecule has 0 aromatic heterocycles. The Morgan fingerprint density at radius 2 is 2.10 bits per heavy atom. The van der Waals surface area contributed by atoms with Crippen LogP contribution in [0, 0.1) is 0 Å². The van der Waals surface area contributed by atoms with Gasteiger partial charge in [0.2, 0.25) is 5.91 Å². The summed E-state index contributed by atoms with van der Waals surface area (Å²) in [4.78, 5) is 11.7. The summed E-state index contributed by atoms with van der Waals surface area (Å²) in [5.74, 6) is -0.0381. The van der Waals surface area contributed by atoms with Crippen LogP contribution in [0.4, 0.5) is 0 Å². The summed E-state index contributed by atoms with van der Waals surface area (Å²) in [6, 6.07) is 10.5. The molecule has 2 atom stereocenters. The lowest BCUT2D eigenvalue weighted by atomic mass is 10.1. The first-order valence-corrected chi connectivity index (χ1v) is 7.43. The van der Waals surface area contributed by atoms with Crippen molar-refractivity contribution in [3.63, 3.8) is 0 Å². The van der Waals surface area contributed by atoms with Gasteiger partial charge in [0, 0.05) is 6.04 Å². The van der Waals surface area contributed by atoms with Crippen molar-refractivity contribution < 1.29 is 9.90 Å². The van der Waals surface area contributed by atoms with Crippen LogP contribution in [-0.2, 0) is 11.2 Å². The topological polar surface area (TPSA) is 49.3 Å². The van der Waals surface area contributed by atoms with E-state index in [0.29, 0.717) is 6.42 Å². The summed E-state index contributed by atoms with van der Waals surface area (Å²) >= 11 is 0. The molecule has 0 bridgehead atoms. The van der Waals surface area contributed by atoms with Gasteiger partial charge in [0.05, 0.1) is 6.10 Å². The number of benzene rings is 1. The van der Waals surface area contributed by atoms with Crippen LogP contribution in [0.25, 0.3) is 0 Å². The van der Waals surface area contributed by atoms with Gasteiger partial charge in [-0.25, -0.2) is 0 Å². The third-order valence-corrected chi connectivity index (χ3v) is 3.70. The highest BCUT2D eigenvalue weighted by molar-refractivity contribution is 5.87. The first-order valence-electron chi connectivity index (χ1n) is 7.43. The van der Waals surface area contributed by atoms with Gasteiger partial charge in [-0.3, -0.25) is 4.79 Å². The van der Waals surface area contributed by atoms with Gasteiger partial charge < -0.3 is 10.4 Å². The molecule has 1 aromatic carbocycles. The lowest BCUT2D eigenvalue weighted by Gasteiger charge is -2.09. The monoisotopic (exact) mass is 273 g/mol. The molecule has 3 nitrogen and oxygen atoms in total. The maximum atomic E-state index is 11.7. The van der Waals surface area contributed by atoms with Crippen LogP contribution in [0.15, 0.2) is 42.5 Å². The van der Waals surface area contributed by atoms with E-state index in [1.54, 1.807) is 6.08 Å². The smallest absolute Gasteiger partial charge is 0.243 e. The molecular formula is C17H23NO2. The Hall–Kier alpha value is -1.61. The number of aryl methyl sites for hydroxylation is 1. The van der Waals surface area contributed by atoms with Crippen molar-refractivity contribution in [2.45, 2.75) is 50.7 Å². The molecule has 1 fully saturated rings. The van der Waals surface area contributed by atoms with E-state index in [1.807, 2.05) is 12.1 Å². The molecule has 108 valence electrons. The second-order valence-corrected chi connectivity index (χ2v) is 5.45. The molecule has 0 unspecified atom stereocenters. The number of rotatable bonds is 6. The number of carbonyl (C=O) groups is 1. The van der Waals surface area contributed by atoms with Crippen LogP contribution >= 0.6 is 0 Å². The van der Waals surface area contributed by atoms with Gasteiger partial charge in [0.15, 0.2) is 0 Å². The lowest BCUT2D eigenvalue weighted by Crippen LogP contribution is -2.31. The number of nitrogens with one attached hydrogen (secondary N) is 1. The van der Waals surface area contributed by atoms with Crippen molar-refractivity contribution in [1.29, 1.82) is 0 Å². The predicted octanol–water partition coefficient (Wildman–Crippen LogP) is 2.60. The zero-order chi connectivity index (χ0) is 14.2. The predicted molar refractivity (Wildman–Crippen MR) is 80.3 cm³/mol. The normalized spacial score (nSPS) is 22.2. The highest BCUT2D eigenvalue weighted by atomic mass is 16.3. The average molecular weight is 273 g/mol. The number of hydrogen-bond donors (Lipinski definition) is 2. The van der Waals surface area contributed by atoms with Crippen molar-refractivity contribution in [3.8, 4) is 0 Å². The second-order valence-electron chi connectivity index (χ2n) is 5.45. The molecule has 0 saturated heterocycles. The van der Waals surface area contributed by atoms with Gasteiger partial charge in [-0.1, -0.05) is 36.4 Å². The maximum absolute atomic E-state index is 11.7. The average Bonchev–Trinajstić information content (AvgIpc) is 2.85. The lowest BCUT2D eigenvalue weighted by molar-refractivity contribution is -0.117. The van der Waals surface area contributed by atoms with Crippen LogP contribution in [0.5, 0.6) is 0 Å². The van der Waals surface area contributed by atoms with Crippen molar-refractivity contribution in [2.24, 2.45) is 0 Å². The Bertz CT molecular complexity index is 442. The van der Waals surface area contributed by atoms with Gasteiger partial charge >= 0.3 is 0 Å². The van der Waals surface area contributed by atoms with Gasteiger partial charge in [-0.05, 0) is 50.2 Å². The van der Waals surface area contributed by atoms with E-state index in [0.717, 1.165) is 32.1 Å². The Balaban J connectivity index is 1.60. The summed E-state index contributed by atoms with van der Waals surface area (Å²) in [7, 11) is 0. The second kappa shape index (κ2) is 7.85. The van der Waals surface area contributed by atoms with E-state index in [1.165, 1.54) is 5.56 Å². The number of aliphatic hydroxyl groups is 1. The Labute approximate surface area is 120 Å². The van der Waals surface area contributed by atoms with E-state index in [9.17, 15) is 9.90 Å². The summed E-state index contributed by atoms with van der Waals surface area (Å²) in [5.41, 5.74) is 1.34. The molecular weight excluding hydrogens is 250 g/mol. The largest absolute Gasteiger partial charge is 0.393 e. The molecule has 2 N–H and O–H groups in total. The molecule has 1 aliphatic carbocycles.